The Balaban J connectivity index is 2.24. The molecular weight excluding hydrogens is 660 g/mol. The molecule has 0 saturated heterocycles. The summed E-state index contributed by atoms with van der Waals surface area (Å²) in [5.41, 5.74) is -0.0321. The lowest BCUT2D eigenvalue weighted by molar-refractivity contribution is -0.141. The molecule has 15 heteroatoms. The highest BCUT2D eigenvalue weighted by Gasteiger charge is 2.29. The van der Waals surface area contributed by atoms with Gasteiger partial charge in [-0.25, -0.2) is 18.0 Å². The Morgan fingerprint density at radius 1 is 0.612 bits per heavy atom. The zero-order valence-corrected chi connectivity index (χ0v) is 28.7. The number of Topliss-reactive ketones (excluding diaryl/α,β-unsaturated/α-hetero) is 2. The second kappa shape index (κ2) is 18.9. The van der Waals surface area contributed by atoms with Crippen LogP contribution in [0.25, 0.3) is 0 Å². The summed E-state index contributed by atoms with van der Waals surface area (Å²) in [6, 6.07) is 8.13. The third kappa shape index (κ3) is 12.0. The van der Waals surface area contributed by atoms with Crippen LogP contribution in [0.15, 0.2) is 70.5 Å². The summed E-state index contributed by atoms with van der Waals surface area (Å²) in [6.45, 7) is 9.48. The largest absolute Gasteiger partial charge is 0.495 e. The Morgan fingerprint density at radius 2 is 0.980 bits per heavy atom. The minimum absolute atomic E-state index is 0.00776. The number of carbonyl (C=O) groups is 6. The molecular formula is C34H40N2O12S. The van der Waals surface area contributed by atoms with Crippen LogP contribution >= 0.6 is 0 Å². The number of hydrogen-bond acceptors (Lipinski definition) is 12. The molecule has 49 heavy (non-hydrogen) atoms. The number of methoxy groups -OCH3 is 2. The highest BCUT2D eigenvalue weighted by atomic mass is 32.2. The van der Waals surface area contributed by atoms with E-state index < -0.39 is 33.6 Å². The Labute approximate surface area is 284 Å². The van der Waals surface area contributed by atoms with Crippen LogP contribution < -0.4 is 20.1 Å². The van der Waals surface area contributed by atoms with Gasteiger partial charge < -0.3 is 29.6 Å². The summed E-state index contributed by atoms with van der Waals surface area (Å²) in [7, 11) is -1.95. The first kappa shape index (κ1) is 39.9. The summed E-state index contributed by atoms with van der Waals surface area (Å²) >= 11 is 0. The van der Waals surface area contributed by atoms with Gasteiger partial charge in [-0.15, -0.1) is 0 Å². The van der Waals surface area contributed by atoms with Gasteiger partial charge in [-0.05, 0) is 38.1 Å². The van der Waals surface area contributed by atoms with Gasteiger partial charge in [-0.3, -0.25) is 19.2 Å². The number of anilines is 2. The van der Waals surface area contributed by atoms with Gasteiger partial charge in [0.05, 0.1) is 37.2 Å². The first-order chi connectivity index (χ1) is 23.1. The van der Waals surface area contributed by atoms with Gasteiger partial charge in [-0.2, -0.15) is 0 Å². The van der Waals surface area contributed by atoms with Crippen LogP contribution in [0.5, 0.6) is 11.5 Å². The SMILES string of the molecule is C=C(C)C(=O)OCCC(=O)CCC(=O)Nc1c(OC)cccc1S(=O)(=O)c1cccc(OC)c1NC(=O)CCC(=O)CCOC(=O)C(=C)C. The number of carbonyl (C=O) groups excluding carboxylic acids is 6. The Bertz CT molecular complexity index is 1610. The number of rotatable bonds is 20. The molecule has 0 aliphatic carbocycles. The molecule has 0 radical (unpaired) electrons. The van der Waals surface area contributed by atoms with E-state index in [9.17, 15) is 37.2 Å². The van der Waals surface area contributed by atoms with E-state index in [2.05, 4.69) is 23.8 Å². The number of benzene rings is 2. The molecule has 264 valence electrons. The monoisotopic (exact) mass is 700 g/mol. The number of esters is 2. The molecule has 2 aromatic rings. The van der Waals surface area contributed by atoms with Crippen molar-refractivity contribution in [3.05, 3.63) is 60.7 Å². The molecule has 0 spiro atoms. The lowest BCUT2D eigenvalue weighted by atomic mass is 10.1. The zero-order valence-electron chi connectivity index (χ0n) is 27.8. The molecule has 0 atom stereocenters. The molecule has 0 unspecified atom stereocenters. The fraction of sp³-hybridized carbons (Fsp3) is 0.353. The van der Waals surface area contributed by atoms with Crippen molar-refractivity contribution in [2.45, 2.75) is 62.2 Å². The van der Waals surface area contributed by atoms with Gasteiger partial charge in [0.15, 0.2) is 0 Å². The van der Waals surface area contributed by atoms with E-state index in [0.717, 1.165) is 0 Å². The minimum Gasteiger partial charge on any atom is -0.495 e. The van der Waals surface area contributed by atoms with Crippen LogP contribution in [0.3, 0.4) is 0 Å². The lowest BCUT2D eigenvalue weighted by Gasteiger charge is -2.18. The normalized spacial score (nSPS) is 10.7. The van der Waals surface area contributed by atoms with Crippen molar-refractivity contribution in [1.82, 2.24) is 0 Å². The summed E-state index contributed by atoms with van der Waals surface area (Å²) in [5, 5.41) is 5.03. The second-order valence-corrected chi connectivity index (χ2v) is 12.6. The van der Waals surface area contributed by atoms with Gasteiger partial charge in [0, 0.05) is 49.7 Å². The molecule has 2 rings (SSSR count). The van der Waals surface area contributed by atoms with E-state index in [0.29, 0.717) is 0 Å². The van der Waals surface area contributed by atoms with E-state index in [4.69, 9.17) is 18.9 Å². The van der Waals surface area contributed by atoms with E-state index in [-0.39, 0.29) is 107 Å². The van der Waals surface area contributed by atoms with Gasteiger partial charge in [0.2, 0.25) is 21.7 Å². The van der Waals surface area contributed by atoms with Crippen LogP contribution in [0.4, 0.5) is 11.4 Å². The fourth-order valence-electron chi connectivity index (χ4n) is 4.10. The van der Waals surface area contributed by atoms with Crippen LogP contribution in [-0.4, -0.2) is 71.2 Å². The predicted octanol–water partition coefficient (Wildman–Crippen LogP) is 4.13. The molecule has 0 fully saturated rings. The smallest absolute Gasteiger partial charge is 0.333 e. The predicted molar refractivity (Wildman–Crippen MR) is 178 cm³/mol. The van der Waals surface area contributed by atoms with Crippen LogP contribution in [0, 0.1) is 0 Å². The maximum absolute atomic E-state index is 14.1. The molecule has 0 saturated carbocycles. The summed E-state index contributed by atoms with van der Waals surface area (Å²) in [4.78, 5) is 72.5. The van der Waals surface area contributed by atoms with Crippen LogP contribution in [0.2, 0.25) is 0 Å². The maximum atomic E-state index is 14.1. The number of nitrogens with one attached hydrogen (secondary N) is 2. The summed E-state index contributed by atoms with van der Waals surface area (Å²) in [6.07, 6.45) is -1.27. The second-order valence-electron chi connectivity index (χ2n) is 10.7. The highest BCUT2D eigenvalue weighted by molar-refractivity contribution is 7.91. The molecule has 0 aliphatic rings. The first-order valence-electron chi connectivity index (χ1n) is 15.0. The molecule has 0 aromatic heterocycles. The molecule has 0 bridgehead atoms. The average molecular weight is 701 g/mol. The molecule has 2 N–H and O–H groups in total. The van der Waals surface area contributed by atoms with E-state index in [1.807, 2.05) is 0 Å². The van der Waals surface area contributed by atoms with Gasteiger partial charge in [-0.1, -0.05) is 25.3 Å². The van der Waals surface area contributed by atoms with Crippen LogP contribution in [0.1, 0.15) is 52.4 Å². The van der Waals surface area contributed by atoms with Gasteiger partial charge in [0.1, 0.15) is 34.4 Å². The maximum Gasteiger partial charge on any atom is 0.333 e. The Hall–Kier alpha value is -5.31. The van der Waals surface area contributed by atoms with Crippen molar-refractivity contribution in [3.8, 4) is 11.5 Å². The number of sulfone groups is 1. The molecule has 2 aromatic carbocycles. The van der Waals surface area contributed by atoms with Crippen molar-refractivity contribution in [2.75, 3.05) is 38.1 Å². The van der Waals surface area contributed by atoms with E-state index in [1.54, 1.807) is 0 Å². The number of hydrogen-bond donors (Lipinski definition) is 2. The molecule has 0 heterocycles. The van der Waals surface area contributed by atoms with Gasteiger partial charge >= 0.3 is 11.9 Å². The minimum atomic E-state index is -4.51. The highest BCUT2D eigenvalue weighted by Crippen LogP contribution is 2.40. The Kier molecular flexibility index (Phi) is 15.4. The van der Waals surface area contributed by atoms with E-state index >= 15 is 0 Å². The molecule has 2 amide bonds. The lowest BCUT2D eigenvalue weighted by Crippen LogP contribution is -2.19. The van der Waals surface area contributed by atoms with Crippen molar-refractivity contribution in [1.29, 1.82) is 0 Å². The number of para-hydroxylation sites is 2. The number of amides is 2. The molecule has 14 nitrogen and oxygen atoms in total. The average Bonchev–Trinajstić information content (AvgIpc) is 3.06. The molecule has 0 aliphatic heterocycles. The van der Waals surface area contributed by atoms with E-state index in [1.165, 1.54) is 64.5 Å². The van der Waals surface area contributed by atoms with Crippen molar-refractivity contribution in [2.24, 2.45) is 0 Å². The summed E-state index contributed by atoms with van der Waals surface area (Å²) in [5.74, 6) is -3.36. The third-order valence-corrected chi connectivity index (χ3v) is 8.55. The van der Waals surface area contributed by atoms with Gasteiger partial charge in [0.25, 0.3) is 0 Å². The zero-order chi connectivity index (χ0) is 36.7. The third-order valence-electron chi connectivity index (χ3n) is 6.71. The number of ketones is 2. The topological polar surface area (TPSA) is 198 Å². The quantitative estimate of drug-likeness (QED) is 0.148. The number of ether oxygens (including phenoxy) is 4. The van der Waals surface area contributed by atoms with Crippen LogP contribution in [-0.2, 0) is 48.1 Å². The summed E-state index contributed by atoms with van der Waals surface area (Å²) < 4.78 is 48.7. The first-order valence-corrected chi connectivity index (χ1v) is 16.5. The Morgan fingerprint density at radius 3 is 1.31 bits per heavy atom. The van der Waals surface area contributed by atoms with Crippen molar-refractivity contribution >= 4 is 56.5 Å². The van der Waals surface area contributed by atoms with Crippen molar-refractivity contribution < 1.29 is 56.1 Å². The standard InChI is InChI=1S/C34H40N2O12S/c1-21(2)33(41)47-19-17-23(37)13-15-29(39)35-31-25(45-5)9-7-11-27(31)49(43,44)28-12-8-10-26(46-6)32(28)36-30(40)16-14-24(38)18-20-48-34(42)22(3)4/h7-12H,1,3,13-20H2,2,4-6H3,(H,35,39)(H,36,40). The van der Waals surface area contributed by atoms with Crippen molar-refractivity contribution in [3.63, 3.8) is 0 Å². The fourth-order valence-corrected chi connectivity index (χ4v) is 5.69.